The molecule has 1 atom stereocenters. The average molecular weight is 161 g/mol. The van der Waals surface area contributed by atoms with E-state index in [9.17, 15) is 8.78 Å². The minimum absolute atomic E-state index is 0.349. The van der Waals surface area contributed by atoms with Crippen molar-refractivity contribution in [2.24, 2.45) is 16.3 Å². The Morgan fingerprint density at radius 1 is 1.55 bits per heavy atom. The van der Waals surface area contributed by atoms with E-state index in [-0.39, 0.29) is 5.41 Å². The second-order valence-electron chi connectivity index (χ2n) is 3.76. The van der Waals surface area contributed by atoms with E-state index in [1.54, 1.807) is 6.92 Å². The topological polar surface area (TPSA) is 12.4 Å². The fourth-order valence-electron chi connectivity index (χ4n) is 1.61. The summed E-state index contributed by atoms with van der Waals surface area (Å²) in [5, 5.41) is 0. The molecule has 0 bridgehead atoms. The summed E-state index contributed by atoms with van der Waals surface area (Å²) in [5.41, 5.74) is 0.253. The summed E-state index contributed by atoms with van der Waals surface area (Å²) in [6.07, 6.45) is -2.27. The molecule has 1 aliphatic rings. The molecular formula is C8H13F2N. The predicted octanol–water partition coefficient (Wildman–Crippen LogP) is 2.37. The average Bonchev–Trinajstić information content (AvgIpc) is 2.06. The molecule has 11 heavy (non-hydrogen) atoms. The highest BCUT2D eigenvalue weighted by Gasteiger charge is 2.41. The molecule has 1 unspecified atom stereocenters. The lowest BCUT2D eigenvalue weighted by Gasteiger charge is -2.25. The van der Waals surface area contributed by atoms with Gasteiger partial charge in [0.1, 0.15) is 0 Å². The first kappa shape index (κ1) is 8.62. The van der Waals surface area contributed by atoms with Crippen molar-refractivity contribution in [2.75, 3.05) is 6.54 Å². The van der Waals surface area contributed by atoms with Gasteiger partial charge in [0.2, 0.25) is 6.43 Å². The lowest BCUT2D eigenvalue weighted by atomic mass is 9.79. The fraction of sp³-hybridized carbons (Fsp3) is 0.875. The Labute approximate surface area is 65.5 Å². The van der Waals surface area contributed by atoms with Crippen LogP contribution in [0.25, 0.3) is 0 Å². The molecule has 1 rings (SSSR count). The zero-order valence-electron chi connectivity index (χ0n) is 7.06. The van der Waals surface area contributed by atoms with E-state index in [4.69, 9.17) is 0 Å². The molecule has 1 heterocycles. The molecule has 0 aromatic rings. The quantitative estimate of drug-likeness (QED) is 0.560. The summed E-state index contributed by atoms with van der Waals surface area (Å²) >= 11 is 0. The minimum Gasteiger partial charge on any atom is -0.293 e. The van der Waals surface area contributed by atoms with Gasteiger partial charge in [-0.15, -0.1) is 0 Å². The van der Waals surface area contributed by atoms with Crippen LogP contribution in [0.3, 0.4) is 0 Å². The highest BCUT2D eigenvalue weighted by molar-refractivity contribution is 5.87. The van der Waals surface area contributed by atoms with Gasteiger partial charge in [-0.25, -0.2) is 8.78 Å². The maximum atomic E-state index is 12.4. The van der Waals surface area contributed by atoms with Crippen LogP contribution in [0.2, 0.25) is 0 Å². The number of rotatable bonds is 1. The maximum Gasteiger partial charge on any atom is 0.247 e. The molecule has 0 aromatic heterocycles. The van der Waals surface area contributed by atoms with Gasteiger partial charge < -0.3 is 0 Å². The van der Waals surface area contributed by atoms with Crippen LogP contribution in [-0.2, 0) is 0 Å². The highest BCUT2D eigenvalue weighted by atomic mass is 19.3. The molecule has 0 spiro atoms. The van der Waals surface area contributed by atoms with Crippen molar-refractivity contribution in [3.63, 3.8) is 0 Å². The van der Waals surface area contributed by atoms with Crippen molar-refractivity contribution in [2.45, 2.75) is 27.2 Å². The fourth-order valence-corrected chi connectivity index (χ4v) is 1.61. The standard InChI is InChI=1S/C8H13F2N/c1-5-6(7(9)10)8(2,3)4-11-5/h6-7H,4H2,1-3H3. The Morgan fingerprint density at radius 2 is 2.09 bits per heavy atom. The Kier molecular flexibility index (Phi) is 1.99. The van der Waals surface area contributed by atoms with Crippen LogP contribution in [0, 0.1) is 11.3 Å². The second kappa shape index (κ2) is 2.54. The van der Waals surface area contributed by atoms with Crippen molar-refractivity contribution in [3.05, 3.63) is 0 Å². The van der Waals surface area contributed by atoms with E-state index < -0.39 is 12.3 Å². The third-order valence-electron chi connectivity index (χ3n) is 2.28. The first-order chi connectivity index (χ1) is 4.95. The molecule has 0 radical (unpaired) electrons. The second-order valence-corrected chi connectivity index (χ2v) is 3.76. The highest BCUT2D eigenvalue weighted by Crippen LogP contribution is 2.37. The summed E-state index contributed by atoms with van der Waals surface area (Å²) in [6, 6.07) is 0. The zero-order valence-corrected chi connectivity index (χ0v) is 7.06. The summed E-state index contributed by atoms with van der Waals surface area (Å²) in [5.74, 6) is -0.637. The Balaban J connectivity index is 2.81. The third-order valence-corrected chi connectivity index (χ3v) is 2.28. The van der Waals surface area contributed by atoms with E-state index in [0.717, 1.165) is 0 Å². The van der Waals surface area contributed by atoms with Crippen LogP contribution < -0.4 is 0 Å². The number of nitrogens with zero attached hydrogens (tertiary/aromatic N) is 1. The van der Waals surface area contributed by atoms with Gasteiger partial charge in [0.05, 0.1) is 5.92 Å². The molecule has 0 N–H and O–H groups in total. The van der Waals surface area contributed by atoms with E-state index in [0.29, 0.717) is 12.3 Å². The van der Waals surface area contributed by atoms with Crippen molar-refractivity contribution in [1.82, 2.24) is 0 Å². The molecule has 0 aliphatic carbocycles. The number of aliphatic imine (C=N–C) groups is 1. The molecule has 1 nitrogen and oxygen atoms in total. The van der Waals surface area contributed by atoms with Crippen LogP contribution in [0.5, 0.6) is 0 Å². The van der Waals surface area contributed by atoms with Gasteiger partial charge in [-0.2, -0.15) is 0 Å². The van der Waals surface area contributed by atoms with Gasteiger partial charge in [-0.1, -0.05) is 13.8 Å². The van der Waals surface area contributed by atoms with Crippen LogP contribution in [-0.4, -0.2) is 18.7 Å². The molecule has 1 aliphatic heterocycles. The van der Waals surface area contributed by atoms with Gasteiger partial charge in [-0.05, 0) is 12.3 Å². The minimum atomic E-state index is -2.27. The SMILES string of the molecule is CC1=NCC(C)(C)C1C(F)F. The van der Waals surface area contributed by atoms with Crippen molar-refractivity contribution >= 4 is 5.71 Å². The van der Waals surface area contributed by atoms with E-state index in [1.807, 2.05) is 13.8 Å². The zero-order chi connectivity index (χ0) is 8.65. The molecule has 0 saturated heterocycles. The van der Waals surface area contributed by atoms with Crippen LogP contribution in [0.15, 0.2) is 4.99 Å². The molecular weight excluding hydrogens is 148 g/mol. The Hall–Kier alpha value is -0.470. The monoisotopic (exact) mass is 161 g/mol. The summed E-state index contributed by atoms with van der Waals surface area (Å²) < 4.78 is 24.8. The smallest absolute Gasteiger partial charge is 0.247 e. The van der Waals surface area contributed by atoms with Gasteiger partial charge in [0.25, 0.3) is 0 Å². The number of halogens is 2. The van der Waals surface area contributed by atoms with Gasteiger partial charge in [-0.3, -0.25) is 4.99 Å². The van der Waals surface area contributed by atoms with Crippen LogP contribution in [0.4, 0.5) is 8.78 Å². The van der Waals surface area contributed by atoms with E-state index in [1.165, 1.54) is 0 Å². The van der Waals surface area contributed by atoms with Crippen molar-refractivity contribution in [3.8, 4) is 0 Å². The van der Waals surface area contributed by atoms with Crippen LogP contribution >= 0.6 is 0 Å². The van der Waals surface area contributed by atoms with Gasteiger partial charge in [0, 0.05) is 12.3 Å². The summed E-state index contributed by atoms with van der Waals surface area (Å²) in [4.78, 5) is 4.03. The number of alkyl halides is 2. The molecule has 3 heteroatoms. The first-order valence-corrected chi connectivity index (χ1v) is 3.74. The predicted molar refractivity (Wildman–Crippen MR) is 41.3 cm³/mol. The number of hydrogen-bond acceptors (Lipinski definition) is 1. The normalized spacial score (nSPS) is 29.3. The number of hydrogen-bond donors (Lipinski definition) is 0. The van der Waals surface area contributed by atoms with Crippen molar-refractivity contribution < 1.29 is 8.78 Å². The summed E-state index contributed by atoms with van der Waals surface area (Å²) in [6.45, 7) is 5.90. The van der Waals surface area contributed by atoms with Crippen LogP contribution in [0.1, 0.15) is 20.8 Å². The molecule has 0 fully saturated rings. The van der Waals surface area contributed by atoms with E-state index in [2.05, 4.69) is 4.99 Å². The molecule has 0 saturated carbocycles. The van der Waals surface area contributed by atoms with E-state index >= 15 is 0 Å². The molecule has 64 valence electrons. The lowest BCUT2D eigenvalue weighted by molar-refractivity contribution is 0.0590. The summed E-state index contributed by atoms with van der Waals surface area (Å²) in [7, 11) is 0. The molecule has 0 amide bonds. The first-order valence-electron chi connectivity index (χ1n) is 3.74. The Bertz CT molecular complexity index is 185. The third kappa shape index (κ3) is 1.42. The lowest BCUT2D eigenvalue weighted by Crippen LogP contribution is -2.31. The van der Waals surface area contributed by atoms with Gasteiger partial charge >= 0.3 is 0 Å². The molecule has 0 aromatic carbocycles. The van der Waals surface area contributed by atoms with Crippen molar-refractivity contribution in [1.29, 1.82) is 0 Å². The largest absolute Gasteiger partial charge is 0.293 e. The Morgan fingerprint density at radius 3 is 2.27 bits per heavy atom. The maximum absolute atomic E-state index is 12.4. The van der Waals surface area contributed by atoms with Gasteiger partial charge in [0.15, 0.2) is 0 Å².